The van der Waals surface area contributed by atoms with Gasteiger partial charge < -0.3 is 15.4 Å². The summed E-state index contributed by atoms with van der Waals surface area (Å²) in [7, 11) is 1.39. The molecule has 0 spiro atoms. The second-order valence-electron chi connectivity index (χ2n) is 4.36. The lowest BCUT2D eigenvalue weighted by atomic mass is 10.2. The summed E-state index contributed by atoms with van der Waals surface area (Å²) in [5.41, 5.74) is -0.328. The van der Waals surface area contributed by atoms with E-state index in [1.165, 1.54) is 25.3 Å². The van der Waals surface area contributed by atoms with Gasteiger partial charge in [0.05, 0.1) is 20.2 Å². The van der Waals surface area contributed by atoms with Crippen molar-refractivity contribution in [1.82, 2.24) is 15.6 Å². The third kappa shape index (κ3) is 3.30. The van der Waals surface area contributed by atoms with E-state index in [0.29, 0.717) is 12.5 Å². The second kappa shape index (κ2) is 5.38. The van der Waals surface area contributed by atoms with Gasteiger partial charge in [-0.25, -0.2) is 4.98 Å². The van der Waals surface area contributed by atoms with Gasteiger partial charge in [-0.1, -0.05) is 6.07 Å². The number of ether oxygens (including phenoxy) is 1. The van der Waals surface area contributed by atoms with E-state index in [1.807, 2.05) is 6.92 Å². The van der Waals surface area contributed by atoms with Gasteiger partial charge in [0.15, 0.2) is 5.96 Å². The number of alkyl halides is 2. The molecule has 0 saturated carbocycles. The van der Waals surface area contributed by atoms with Gasteiger partial charge in [-0.05, 0) is 13.0 Å². The molecule has 19 heavy (non-hydrogen) atoms. The van der Waals surface area contributed by atoms with Gasteiger partial charge in [-0.15, -0.1) is 0 Å². The number of rotatable bonds is 4. The van der Waals surface area contributed by atoms with Crippen LogP contribution in [0.2, 0.25) is 0 Å². The fourth-order valence-electron chi connectivity index (χ4n) is 1.68. The SMILES string of the molecule is COc1cccc(C(F)(F)CNC2=NCC(C)N2)n1. The number of nitrogens with zero attached hydrogens (tertiary/aromatic N) is 2. The molecule has 2 heterocycles. The van der Waals surface area contributed by atoms with Crippen molar-refractivity contribution in [3.63, 3.8) is 0 Å². The first-order chi connectivity index (χ1) is 9.01. The summed E-state index contributed by atoms with van der Waals surface area (Å²) in [4.78, 5) is 7.81. The zero-order valence-electron chi connectivity index (χ0n) is 10.8. The fourth-order valence-corrected chi connectivity index (χ4v) is 1.68. The second-order valence-corrected chi connectivity index (χ2v) is 4.36. The topological polar surface area (TPSA) is 58.5 Å². The highest BCUT2D eigenvalue weighted by atomic mass is 19.3. The first kappa shape index (κ1) is 13.5. The Morgan fingerprint density at radius 3 is 2.95 bits per heavy atom. The minimum absolute atomic E-state index is 0.169. The predicted molar refractivity (Wildman–Crippen MR) is 67.6 cm³/mol. The number of pyridine rings is 1. The van der Waals surface area contributed by atoms with Gasteiger partial charge in [0.25, 0.3) is 0 Å². The lowest BCUT2D eigenvalue weighted by Crippen LogP contribution is -2.42. The van der Waals surface area contributed by atoms with Crippen molar-refractivity contribution in [2.75, 3.05) is 20.2 Å². The minimum Gasteiger partial charge on any atom is -0.481 e. The number of guanidine groups is 1. The standard InChI is InChI=1S/C12H16F2N4O/c1-8-6-15-11(17-8)16-7-12(13,14)9-4-3-5-10(18-9)19-2/h3-5,8H,6-7H2,1-2H3,(H2,15,16,17). The van der Waals surface area contributed by atoms with Crippen LogP contribution in [0.15, 0.2) is 23.2 Å². The summed E-state index contributed by atoms with van der Waals surface area (Å²) in [6, 6.07) is 4.46. The van der Waals surface area contributed by atoms with Crippen molar-refractivity contribution in [1.29, 1.82) is 0 Å². The van der Waals surface area contributed by atoms with Crippen LogP contribution in [0.1, 0.15) is 12.6 Å². The summed E-state index contributed by atoms with van der Waals surface area (Å²) in [5, 5.41) is 5.56. The first-order valence-electron chi connectivity index (χ1n) is 5.95. The average Bonchev–Trinajstić information content (AvgIpc) is 2.82. The van der Waals surface area contributed by atoms with Crippen molar-refractivity contribution in [2.45, 2.75) is 18.9 Å². The Morgan fingerprint density at radius 1 is 1.53 bits per heavy atom. The number of hydrogen-bond acceptors (Lipinski definition) is 5. The van der Waals surface area contributed by atoms with E-state index < -0.39 is 12.5 Å². The lowest BCUT2D eigenvalue weighted by molar-refractivity contribution is -0.00384. The van der Waals surface area contributed by atoms with E-state index in [0.717, 1.165) is 0 Å². The average molecular weight is 270 g/mol. The quantitative estimate of drug-likeness (QED) is 0.861. The maximum absolute atomic E-state index is 14.0. The molecule has 2 rings (SSSR count). The maximum atomic E-state index is 14.0. The van der Waals surface area contributed by atoms with Gasteiger partial charge >= 0.3 is 5.92 Å². The molecule has 0 bridgehead atoms. The van der Waals surface area contributed by atoms with Crippen molar-refractivity contribution in [2.24, 2.45) is 4.99 Å². The lowest BCUT2D eigenvalue weighted by Gasteiger charge is -2.18. The van der Waals surface area contributed by atoms with E-state index >= 15 is 0 Å². The number of halogens is 2. The van der Waals surface area contributed by atoms with Crippen LogP contribution in [0.25, 0.3) is 0 Å². The highest BCUT2D eigenvalue weighted by Gasteiger charge is 2.34. The largest absolute Gasteiger partial charge is 0.481 e. The molecule has 7 heteroatoms. The number of aromatic nitrogens is 1. The summed E-state index contributed by atoms with van der Waals surface area (Å²) in [5.74, 6) is -2.53. The third-order valence-electron chi connectivity index (χ3n) is 2.69. The summed E-state index contributed by atoms with van der Waals surface area (Å²) < 4.78 is 32.8. The zero-order valence-corrected chi connectivity index (χ0v) is 10.8. The van der Waals surface area contributed by atoms with Gasteiger partial charge in [0.2, 0.25) is 5.88 Å². The van der Waals surface area contributed by atoms with Gasteiger partial charge in [0, 0.05) is 12.1 Å². The van der Waals surface area contributed by atoms with Crippen LogP contribution in [-0.4, -0.2) is 37.2 Å². The molecular formula is C12H16F2N4O. The van der Waals surface area contributed by atoms with Gasteiger partial charge in [-0.3, -0.25) is 4.99 Å². The van der Waals surface area contributed by atoms with Crippen molar-refractivity contribution in [3.8, 4) is 5.88 Å². The van der Waals surface area contributed by atoms with Crippen LogP contribution in [0.3, 0.4) is 0 Å². The van der Waals surface area contributed by atoms with Crippen LogP contribution in [0.5, 0.6) is 5.88 Å². The molecule has 0 saturated heterocycles. The number of aliphatic imine (C=N–C) groups is 1. The number of methoxy groups -OCH3 is 1. The zero-order chi connectivity index (χ0) is 13.9. The van der Waals surface area contributed by atoms with Gasteiger partial charge in [0.1, 0.15) is 5.69 Å². The Kier molecular flexibility index (Phi) is 3.82. The molecule has 0 aromatic carbocycles. The molecule has 5 nitrogen and oxygen atoms in total. The number of hydrogen-bond donors (Lipinski definition) is 2. The molecule has 1 atom stereocenters. The van der Waals surface area contributed by atoms with Crippen LogP contribution in [0.4, 0.5) is 8.78 Å². The molecule has 0 radical (unpaired) electrons. The highest BCUT2D eigenvalue weighted by molar-refractivity contribution is 5.81. The molecule has 0 amide bonds. The Balaban J connectivity index is 2.00. The molecular weight excluding hydrogens is 254 g/mol. The molecule has 0 fully saturated rings. The van der Waals surface area contributed by atoms with Crippen molar-refractivity contribution < 1.29 is 13.5 Å². The normalized spacial score (nSPS) is 18.7. The smallest absolute Gasteiger partial charge is 0.306 e. The molecule has 1 aliphatic rings. The van der Waals surface area contributed by atoms with Crippen LogP contribution >= 0.6 is 0 Å². The Hall–Kier alpha value is -1.92. The number of nitrogens with one attached hydrogen (secondary N) is 2. The Labute approximate surface area is 110 Å². The Bertz CT molecular complexity index is 479. The molecule has 0 aliphatic carbocycles. The van der Waals surface area contributed by atoms with E-state index in [-0.39, 0.29) is 17.6 Å². The summed E-state index contributed by atoms with van der Waals surface area (Å²) in [6.07, 6.45) is 0. The molecule has 1 aromatic heterocycles. The minimum atomic E-state index is -3.09. The molecule has 1 aromatic rings. The van der Waals surface area contributed by atoms with E-state index in [1.54, 1.807) is 0 Å². The summed E-state index contributed by atoms with van der Waals surface area (Å²) >= 11 is 0. The van der Waals surface area contributed by atoms with Gasteiger partial charge in [-0.2, -0.15) is 8.78 Å². The van der Waals surface area contributed by atoms with E-state index in [2.05, 4.69) is 20.6 Å². The molecule has 1 unspecified atom stereocenters. The van der Waals surface area contributed by atoms with Crippen LogP contribution in [0, 0.1) is 0 Å². The van der Waals surface area contributed by atoms with Crippen LogP contribution in [-0.2, 0) is 5.92 Å². The van der Waals surface area contributed by atoms with Crippen LogP contribution < -0.4 is 15.4 Å². The Morgan fingerprint density at radius 2 is 2.32 bits per heavy atom. The highest BCUT2D eigenvalue weighted by Crippen LogP contribution is 2.26. The molecule has 2 N–H and O–H groups in total. The van der Waals surface area contributed by atoms with E-state index in [4.69, 9.17) is 4.74 Å². The third-order valence-corrected chi connectivity index (χ3v) is 2.69. The van der Waals surface area contributed by atoms with Crippen molar-refractivity contribution >= 4 is 5.96 Å². The monoisotopic (exact) mass is 270 g/mol. The summed E-state index contributed by atoms with van der Waals surface area (Å²) in [6.45, 7) is 1.96. The van der Waals surface area contributed by atoms with E-state index in [9.17, 15) is 8.78 Å². The van der Waals surface area contributed by atoms with Crippen molar-refractivity contribution in [3.05, 3.63) is 23.9 Å². The first-order valence-corrected chi connectivity index (χ1v) is 5.95. The predicted octanol–water partition coefficient (Wildman–Crippen LogP) is 1.12. The fraction of sp³-hybridized carbons (Fsp3) is 0.500. The molecule has 104 valence electrons. The maximum Gasteiger partial charge on any atom is 0.306 e. The molecule has 1 aliphatic heterocycles.